The number of carbonyl (C=O) groups is 1. The Balaban J connectivity index is 1.22. The van der Waals surface area contributed by atoms with Gasteiger partial charge in [-0.05, 0) is 19.1 Å². The average Bonchev–Trinajstić information content (AvgIpc) is 2.89. The number of alkyl halides is 3. The summed E-state index contributed by atoms with van der Waals surface area (Å²) in [6, 6.07) is 4.26. The Bertz CT molecular complexity index is 1370. The minimum Gasteiger partial charge on any atom is -0.371 e. The summed E-state index contributed by atoms with van der Waals surface area (Å²) in [6.07, 6.45) is -3.68. The van der Waals surface area contributed by atoms with Gasteiger partial charge in [0.05, 0.1) is 35.0 Å². The summed E-state index contributed by atoms with van der Waals surface area (Å²) in [5.41, 5.74) is -1.41. The fourth-order valence-corrected chi connectivity index (χ4v) is 4.83. The number of nitrogens with one attached hydrogen (secondary N) is 1. The summed E-state index contributed by atoms with van der Waals surface area (Å²) in [6.45, 7) is 3.97. The van der Waals surface area contributed by atoms with Crippen LogP contribution < -0.4 is 15.4 Å². The molecule has 202 valence electrons. The molecule has 2 aliphatic heterocycles. The standard InChI is InChI=1S/C24H25F4N7O3/c1-14-12-35(21-20-17(22(37)32-31-21)3-2-4-18(20)25)13-16(38-14)9-19(36)33-5-7-34(8-6-33)23-29-10-15(11-30-23)24(26,27)28/h2-4,10-11,14,16H,5-9,12-13H2,1H3,(H,32,37)/t14-,16+/m1/s1. The zero-order valence-electron chi connectivity index (χ0n) is 20.4. The van der Waals surface area contributed by atoms with Gasteiger partial charge in [-0.15, -0.1) is 0 Å². The van der Waals surface area contributed by atoms with E-state index in [1.54, 1.807) is 9.80 Å². The minimum absolute atomic E-state index is 0.0847. The van der Waals surface area contributed by atoms with Crippen molar-refractivity contribution in [2.24, 2.45) is 0 Å². The lowest BCUT2D eigenvalue weighted by Gasteiger charge is -2.39. The number of piperazine rings is 1. The van der Waals surface area contributed by atoms with Gasteiger partial charge in [-0.25, -0.2) is 19.5 Å². The van der Waals surface area contributed by atoms with Gasteiger partial charge in [-0.1, -0.05) is 6.07 Å². The van der Waals surface area contributed by atoms with E-state index in [0.29, 0.717) is 32.7 Å². The Labute approximate surface area is 214 Å². The molecule has 14 heteroatoms. The average molecular weight is 536 g/mol. The first-order chi connectivity index (χ1) is 18.1. The van der Waals surface area contributed by atoms with Gasteiger partial charge in [-0.2, -0.15) is 18.3 Å². The van der Waals surface area contributed by atoms with Crippen LogP contribution in [0.2, 0.25) is 0 Å². The summed E-state index contributed by atoms with van der Waals surface area (Å²) in [5.74, 6) is -0.228. The third kappa shape index (κ3) is 5.26. The van der Waals surface area contributed by atoms with Crippen LogP contribution in [0.1, 0.15) is 18.9 Å². The molecule has 1 N–H and O–H groups in total. The van der Waals surface area contributed by atoms with Crippen molar-refractivity contribution in [1.29, 1.82) is 0 Å². The normalized spacial score (nSPS) is 20.7. The first-order valence-corrected chi connectivity index (χ1v) is 12.1. The van der Waals surface area contributed by atoms with Gasteiger partial charge in [0, 0.05) is 51.7 Å². The highest BCUT2D eigenvalue weighted by atomic mass is 19.4. The number of nitrogens with zero attached hydrogens (tertiary/aromatic N) is 6. The SMILES string of the molecule is C[C@@H]1CN(c2n[nH]c(=O)c3cccc(F)c23)C[C@H](CC(=O)N2CCN(c3ncc(C(F)(F)F)cn3)CC2)O1. The molecule has 2 aromatic heterocycles. The number of rotatable bonds is 4. The van der Waals surface area contributed by atoms with E-state index in [2.05, 4.69) is 20.2 Å². The number of anilines is 2. The second-order valence-electron chi connectivity index (χ2n) is 9.35. The van der Waals surface area contributed by atoms with Crippen LogP contribution in [0.4, 0.5) is 29.3 Å². The van der Waals surface area contributed by atoms with E-state index in [-0.39, 0.29) is 47.5 Å². The third-order valence-corrected chi connectivity index (χ3v) is 6.65. The Morgan fingerprint density at radius 2 is 1.82 bits per heavy atom. The lowest BCUT2D eigenvalue weighted by Crippen LogP contribution is -2.52. The van der Waals surface area contributed by atoms with Crippen molar-refractivity contribution in [1.82, 2.24) is 25.1 Å². The second-order valence-corrected chi connectivity index (χ2v) is 9.35. The molecule has 5 rings (SSSR count). The van der Waals surface area contributed by atoms with Gasteiger partial charge in [0.1, 0.15) is 5.82 Å². The quantitative estimate of drug-likeness (QED) is 0.507. The maximum Gasteiger partial charge on any atom is 0.419 e. The molecular formula is C24H25F4N7O3. The number of H-pyrrole nitrogens is 1. The molecule has 0 unspecified atom stereocenters. The van der Waals surface area contributed by atoms with Crippen molar-refractivity contribution >= 4 is 28.4 Å². The predicted molar refractivity (Wildman–Crippen MR) is 129 cm³/mol. The van der Waals surface area contributed by atoms with Crippen LogP contribution in [0, 0.1) is 5.82 Å². The molecule has 4 heterocycles. The third-order valence-electron chi connectivity index (χ3n) is 6.65. The molecule has 0 radical (unpaired) electrons. The maximum atomic E-state index is 14.7. The first-order valence-electron chi connectivity index (χ1n) is 12.1. The summed E-state index contributed by atoms with van der Waals surface area (Å²) < 4.78 is 58.9. The van der Waals surface area contributed by atoms with Crippen molar-refractivity contribution in [3.05, 3.63) is 52.3 Å². The minimum atomic E-state index is -4.51. The lowest BCUT2D eigenvalue weighted by atomic mass is 10.1. The fourth-order valence-electron chi connectivity index (χ4n) is 4.83. The lowest BCUT2D eigenvalue weighted by molar-refractivity contribution is -0.138. The number of carbonyl (C=O) groups excluding carboxylic acids is 1. The Kier molecular flexibility index (Phi) is 6.90. The van der Waals surface area contributed by atoms with Gasteiger partial charge in [0.25, 0.3) is 5.56 Å². The molecular weight excluding hydrogens is 510 g/mol. The highest BCUT2D eigenvalue weighted by molar-refractivity contribution is 5.92. The molecule has 0 spiro atoms. The number of fused-ring (bicyclic) bond motifs is 1. The van der Waals surface area contributed by atoms with E-state index in [4.69, 9.17) is 4.74 Å². The Morgan fingerprint density at radius 3 is 2.50 bits per heavy atom. The maximum absolute atomic E-state index is 14.7. The molecule has 1 aromatic carbocycles. The summed E-state index contributed by atoms with van der Waals surface area (Å²) in [5, 5.41) is 6.83. The van der Waals surface area contributed by atoms with Gasteiger partial charge < -0.3 is 19.4 Å². The van der Waals surface area contributed by atoms with Crippen molar-refractivity contribution < 1.29 is 27.1 Å². The van der Waals surface area contributed by atoms with Crippen LogP contribution in [-0.4, -0.2) is 82.4 Å². The van der Waals surface area contributed by atoms with E-state index >= 15 is 0 Å². The van der Waals surface area contributed by atoms with Gasteiger partial charge in [-0.3, -0.25) is 9.59 Å². The number of amides is 1. The van der Waals surface area contributed by atoms with Crippen molar-refractivity contribution in [2.45, 2.75) is 31.7 Å². The predicted octanol–water partition coefficient (Wildman–Crippen LogP) is 2.20. The number of hydrogen-bond acceptors (Lipinski definition) is 8. The number of aromatic nitrogens is 4. The second kappa shape index (κ2) is 10.2. The number of hydrogen-bond donors (Lipinski definition) is 1. The molecule has 2 fully saturated rings. The largest absolute Gasteiger partial charge is 0.419 e. The molecule has 38 heavy (non-hydrogen) atoms. The highest BCUT2D eigenvalue weighted by Crippen LogP contribution is 2.29. The van der Waals surface area contributed by atoms with E-state index in [1.807, 2.05) is 11.8 Å². The van der Waals surface area contributed by atoms with Crippen molar-refractivity contribution in [3.63, 3.8) is 0 Å². The monoisotopic (exact) mass is 535 g/mol. The number of morpholine rings is 1. The number of aromatic amines is 1. The molecule has 0 bridgehead atoms. The topological polar surface area (TPSA) is 108 Å². The Morgan fingerprint density at radius 1 is 1.11 bits per heavy atom. The summed E-state index contributed by atoms with van der Waals surface area (Å²) in [4.78, 5) is 38.1. The van der Waals surface area contributed by atoms with E-state index in [9.17, 15) is 27.2 Å². The molecule has 2 aliphatic rings. The van der Waals surface area contributed by atoms with E-state index in [0.717, 1.165) is 12.4 Å². The first kappa shape index (κ1) is 25.8. The van der Waals surface area contributed by atoms with Crippen molar-refractivity contribution in [2.75, 3.05) is 49.1 Å². The van der Waals surface area contributed by atoms with Crippen LogP contribution in [0.3, 0.4) is 0 Å². The summed E-state index contributed by atoms with van der Waals surface area (Å²) in [7, 11) is 0. The number of halogens is 4. The molecule has 2 atom stereocenters. The Hall–Kier alpha value is -3.81. The smallest absolute Gasteiger partial charge is 0.371 e. The van der Waals surface area contributed by atoms with E-state index in [1.165, 1.54) is 18.2 Å². The molecule has 1 amide bonds. The van der Waals surface area contributed by atoms with Crippen LogP contribution in [0.25, 0.3) is 10.8 Å². The summed E-state index contributed by atoms with van der Waals surface area (Å²) >= 11 is 0. The highest BCUT2D eigenvalue weighted by Gasteiger charge is 2.33. The number of ether oxygens (including phenoxy) is 1. The van der Waals surface area contributed by atoms with Crippen LogP contribution in [0.15, 0.2) is 35.4 Å². The zero-order valence-corrected chi connectivity index (χ0v) is 20.4. The zero-order chi connectivity index (χ0) is 27.0. The van der Waals surface area contributed by atoms with Gasteiger partial charge in [0.15, 0.2) is 5.82 Å². The molecule has 0 saturated carbocycles. The van der Waals surface area contributed by atoms with Crippen LogP contribution in [-0.2, 0) is 15.7 Å². The molecule has 3 aromatic rings. The molecule has 0 aliphatic carbocycles. The molecule has 10 nitrogen and oxygen atoms in total. The van der Waals surface area contributed by atoms with Crippen LogP contribution in [0.5, 0.6) is 0 Å². The van der Waals surface area contributed by atoms with E-state index < -0.39 is 29.2 Å². The molecule has 2 saturated heterocycles. The van der Waals surface area contributed by atoms with Gasteiger partial charge >= 0.3 is 6.18 Å². The fraction of sp³-hybridized carbons (Fsp3) is 0.458. The van der Waals surface area contributed by atoms with Gasteiger partial charge in [0.2, 0.25) is 11.9 Å². The number of benzene rings is 1. The van der Waals surface area contributed by atoms with Crippen LogP contribution >= 0.6 is 0 Å². The van der Waals surface area contributed by atoms with Crippen molar-refractivity contribution in [3.8, 4) is 0 Å².